The lowest BCUT2D eigenvalue weighted by Gasteiger charge is -2.56. The molecular formula is C38H24O3. The lowest BCUT2D eigenvalue weighted by atomic mass is 9.41. The normalized spacial score (nSPS) is 44.6. The standard InChI is InChI=1S/C38H24O3/c1-2-12-22-21(11-1)32-31-34-36(22,40-32)24-14-4-9-20-10-6-16-26(29(20)24)37(34)30-27-17-18-35(39-27)23-13-3-7-19-8-5-15-25(28(19)23)38(31,41-37)33(30)35/h1-18,27,30-34H/t27-,30-,31-,32-,33-,34-,35-,36-,37-,38-/m0/s1. The maximum absolute atomic E-state index is 8.10. The summed E-state index contributed by atoms with van der Waals surface area (Å²) in [6.07, 6.45) is 4.75. The molecule has 6 heterocycles. The Morgan fingerprint density at radius 1 is 0.537 bits per heavy atom. The van der Waals surface area contributed by atoms with Crippen molar-refractivity contribution in [3.63, 3.8) is 0 Å². The van der Waals surface area contributed by atoms with Crippen LogP contribution in [0.2, 0.25) is 0 Å². The molecule has 8 aliphatic rings. The maximum atomic E-state index is 8.10. The molecule has 13 rings (SSSR count). The fourth-order valence-corrected chi connectivity index (χ4v) is 12.3. The van der Waals surface area contributed by atoms with E-state index in [1.807, 2.05) is 0 Å². The first-order valence-corrected chi connectivity index (χ1v) is 15.2. The fraction of sp³-hybridized carbons (Fsp3) is 0.263. The van der Waals surface area contributed by atoms with Gasteiger partial charge in [-0.3, -0.25) is 0 Å². The minimum absolute atomic E-state index is 0.0133. The fourth-order valence-electron chi connectivity index (χ4n) is 12.3. The molecule has 0 N–H and O–H groups in total. The summed E-state index contributed by atoms with van der Waals surface area (Å²) in [6, 6.07) is 36.5. The SMILES string of the molecule is C1=C[C@@]23O[C@@H]1[C@H]1[C@@H]2[C@]2(O[C@@]14c1cccc5cccc(c15)[C@@]15O[C@@H](c6ccccc61)[C@H]2[C@@H]54)c1cccc2cccc3c12. The second-order valence-electron chi connectivity index (χ2n) is 13.7. The molecule has 4 spiro atoms. The van der Waals surface area contributed by atoms with Gasteiger partial charge < -0.3 is 14.2 Å². The van der Waals surface area contributed by atoms with Crippen LogP contribution in [0.3, 0.4) is 0 Å². The van der Waals surface area contributed by atoms with Crippen LogP contribution in [0, 0.1) is 23.7 Å². The highest BCUT2D eigenvalue weighted by Crippen LogP contribution is 2.89. The number of ether oxygens (including phenoxy) is 3. The molecule has 0 saturated carbocycles. The molecule has 5 aromatic rings. The van der Waals surface area contributed by atoms with Crippen LogP contribution < -0.4 is 0 Å². The Balaban J connectivity index is 1.29. The Hall–Kier alpha value is -3.76. The van der Waals surface area contributed by atoms with E-state index in [9.17, 15) is 0 Å². The van der Waals surface area contributed by atoms with Crippen molar-refractivity contribution in [2.45, 2.75) is 34.6 Å². The van der Waals surface area contributed by atoms with Gasteiger partial charge in [-0.1, -0.05) is 103 Å². The summed E-state index contributed by atoms with van der Waals surface area (Å²) in [5, 5.41) is 5.20. The third-order valence-corrected chi connectivity index (χ3v) is 12.9. The highest BCUT2D eigenvalue weighted by molar-refractivity contribution is 5.96. The van der Waals surface area contributed by atoms with Gasteiger partial charge in [-0.05, 0) is 61.0 Å². The van der Waals surface area contributed by atoms with Crippen LogP contribution in [0.4, 0.5) is 0 Å². The van der Waals surface area contributed by atoms with Crippen molar-refractivity contribution < 1.29 is 14.2 Å². The van der Waals surface area contributed by atoms with E-state index < -0.39 is 22.4 Å². The van der Waals surface area contributed by atoms with Crippen molar-refractivity contribution in [1.82, 2.24) is 0 Å². The molecule has 3 nitrogen and oxygen atoms in total. The molecular weight excluding hydrogens is 504 g/mol. The molecule has 5 aromatic carbocycles. The summed E-state index contributed by atoms with van der Waals surface area (Å²) in [5.41, 5.74) is 6.03. The van der Waals surface area contributed by atoms with E-state index >= 15 is 0 Å². The molecule has 194 valence electrons. The first-order chi connectivity index (χ1) is 20.3. The minimum Gasteiger partial charge on any atom is -0.358 e. The third kappa shape index (κ3) is 1.59. The maximum Gasteiger partial charge on any atom is 0.126 e. The number of fused-ring (bicyclic) bond motifs is 6. The zero-order chi connectivity index (χ0) is 26.1. The topological polar surface area (TPSA) is 27.7 Å². The Kier molecular flexibility index (Phi) is 2.78. The number of hydrogen-bond acceptors (Lipinski definition) is 3. The lowest BCUT2D eigenvalue weighted by molar-refractivity contribution is -0.174. The van der Waals surface area contributed by atoms with Gasteiger partial charge >= 0.3 is 0 Å². The predicted molar refractivity (Wildman–Crippen MR) is 153 cm³/mol. The van der Waals surface area contributed by atoms with Gasteiger partial charge in [0.2, 0.25) is 0 Å². The van der Waals surface area contributed by atoms with Crippen molar-refractivity contribution in [3.05, 3.63) is 143 Å². The van der Waals surface area contributed by atoms with Gasteiger partial charge in [-0.15, -0.1) is 0 Å². The van der Waals surface area contributed by atoms with E-state index in [-0.39, 0.29) is 35.9 Å². The molecule has 4 saturated heterocycles. The predicted octanol–water partition coefficient (Wildman–Crippen LogP) is 7.11. The lowest BCUT2D eigenvalue weighted by Crippen LogP contribution is -2.61. The van der Waals surface area contributed by atoms with E-state index in [1.54, 1.807) is 0 Å². The first kappa shape index (κ1) is 20.2. The average molecular weight is 529 g/mol. The smallest absolute Gasteiger partial charge is 0.126 e. The quantitative estimate of drug-likeness (QED) is 0.201. The number of hydrogen-bond donors (Lipinski definition) is 0. The van der Waals surface area contributed by atoms with E-state index in [0.29, 0.717) is 0 Å². The van der Waals surface area contributed by atoms with Gasteiger partial charge in [0, 0.05) is 23.7 Å². The molecule has 0 unspecified atom stereocenters. The van der Waals surface area contributed by atoms with Crippen molar-refractivity contribution in [2.24, 2.45) is 23.7 Å². The van der Waals surface area contributed by atoms with Crippen LogP contribution in [0.1, 0.15) is 39.5 Å². The van der Waals surface area contributed by atoms with Gasteiger partial charge in [-0.2, -0.15) is 0 Å². The van der Waals surface area contributed by atoms with Gasteiger partial charge in [0.15, 0.2) is 0 Å². The summed E-state index contributed by atoms with van der Waals surface area (Å²) in [7, 11) is 0. The van der Waals surface area contributed by atoms with Gasteiger partial charge in [0.05, 0.1) is 12.2 Å². The first-order valence-electron chi connectivity index (χ1n) is 15.2. The van der Waals surface area contributed by atoms with Crippen LogP contribution in [-0.4, -0.2) is 6.10 Å². The van der Waals surface area contributed by atoms with Crippen LogP contribution in [-0.2, 0) is 36.6 Å². The summed E-state index contributed by atoms with van der Waals surface area (Å²) in [5.74, 6) is 0.766. The number of rotatable bonds is 0. The molecule has 3 heteroatoms. The Bertz CT molecular complexity index is 2170. The zero-order valence-electron chi connectivity index (χ0n) is 22.1. The monoisotopic (exact) mass is 528 g/mol. The van der Waals surface area contributed by atoms with Crippen LogP contribution in [0.25, 0.3) is 21.5 Å². The summed E-state index contributed by atoms with van der Waals surface area (Å²) in [4.78, 5) is 0. The molecule has 2 aliphatic carbocycles. The van der Waals surface area contributed by atoms with Crippen LogP contribution in [0.15, 0.2) is 109 Å². The Morgan fingerprint density at radius 3 is 1.95 bits per heavy atom. The van der Waals surface area contributed by atoms with Crippen molar-refractivity contribution in [1.29, 1.82) is 0 Å². The molecule has 6 bridgehead atoms. The summed E-state index contributed by atoms with van der Waals surface area (Å²) in [6.45, 7) is 0. The molecule has 41 heavy (non-hydrogen) atoms. The van der Waals surface area contributed by atoms with Crippen LogP contribution in [0.5, 0.6) is 0 Å². The molecule has 6 aliphatic heterocycles. The third-order valence-electron chi connectivity index (χ3n) is 12.9. The van der Waals surface area contributed by atoms with E-state index in [0.717, 1.165) is 0 Å². The molecule has 0 radical (unpaired) electrons. The average Bonchev–Trinajstić information content (AvgIpc) is 3.85. The molecule has 4 fully saturated rings. The van der Waals surface area contributed by atoms with E-state index in [2.05, 4.69) is 109 Å². The summed E-state index contributed by atoms with van der Waals surface area (Å²) < 4.78 is 23.0. The largest absolute Gasteiger partial charge is 0.358 e. The molecule has 0 amide bonds. The van der Waals surface area contributed by atoms with Crippen molar-refractivity contribution >= 4 is 21.5 Å². The number of benzene rings is 5. The van der Waals surface area contributed by atoms with Crippen molar-refractivity contribution in [2.75, 3.05) is 0 Å². The van der Waals surface area contributed by atoms with E-state index in [4.69, 9.17) is 14.2 Å². The second-order valence-corrected chi connectivity index (χ2v) is 13.7. The van der Waals surface area contributed by atoms with Gasteiger partial charge in [0.1, 0.15) is 22.4 Å². The highest BCUT2D eigenvalue weighted by Gasteiger charge is 2.92. The van der Waals surface area contributed by atoms with Crippen LogP contribution >= 0.6 is 0 Å². The molecule has 0 aromatic heterocycles. The second kappa shape index (κ2) is 5.65. The Morgan fingerprint density at radius 2 is 1.17 bits per heavy atom. The Labute approximate surface area is 236 Å². The minimum atomic E-state index is -0.530. The van der Waals surface area contributed by atoms with Gasteiger partial charge in [-0.25, -0.2) is 0 Å². The van der Waals surface area contributed by atoms with Gasteiger partial charge in [0.25, 0.3) is 0 Å². The zero-order valence-corrected chi connectivity index (χ0v) is 22.1. The summed E-state index contributed by atoms with van der Waals surface area (Å²) >= 11 is 0. The van der Waals surface area contributed by atoms with E-state index in [1.165, 1.54) is 54.9 Å². The van der Waals surface area contributed by atoms with Crippen molar-refractivity contribution in [3.8, 4) is 0 Å². The highest BCUT2D eigenvalue weighted by atomic mass is 16.6. The molecule has 10 atom stereocenters.